The van der Waals surface area contributed by atoms with E-state index in [2.05, 4.69) is 10.2 Å². The largest absolute Gasteiger partial charge is 0.368 e. The van der Waals surface area contributed by atoms with Crippen molar-refractivity contribution in [1.29, 1.82) is 0 Å². The fourth-order valence-corrected chi connectivity index (χ4v) is 1.33. The molecule has 0 atom stereocenters. The van der Waals surface area contributed by atoms with E-state index in [-0.39, 0.29) is 0 Å². The fraction of sp³-hybridized carbons (Fsp3) is 0.750. The van der Waals surface area contributed by atoms with Gasteiger partial charge < -0.3 is 5.73 Å². The van der Waals surface area contributed by atoms with Crippen molar-refractivity contribution in [3.8, 4) is 0 Å². The van der Waals surface area contributed by atoms with Crippen LogP contribution in [0.15, 0.2) is 0 Å². The Labute approximate surface area is 72.8 Å². The number of hydrogen-bond acceptors (Lipinski definition) is 3. The van der Waals surface area contributed by atoms with Crippen molar-refractivity contribution in [2.45, 2.75) is 39.7 Å². The van der Waals surface area contributed by atoms with Gasteiger partial charge in [-0.3, -0.25) is 4.57 Å². The molecule has 0 radical (unpaired) electrons. The summed E-state index contributed by atoms with van der Waals surface area (Å²) in [5.41, 5.74) is 5.55. The van der Waals surface area contributed by atoms with Crippen molar-refractivity contribution in [2.75, 3.05) is 5.73 Å². The third kappa shape index (κ3) is 1.57. The van der Waals surface area contributed by atoms with Crippen molar-refractivity contribution in [3.05, 3.63) is 5.82 Å². The molecule has 0 aromatic carbocycles. The van der Waals surface area contributed by atoms with Crippen molar-refractivity contribution < 1.29 is 0 Å². The molecule has 2 heterocycles. The van der Waals surface area contributed by atoms with Gasteiger partial charge in [-0.25, -0.2) is 0 Å². The summed E-state index contributed by atoms with van der Waals surface area (Å²) < 4.78 is 1.99. The Morgan fingerprint density at radius 3 is 2.67 bits per heavy atom. The van der Waals surface area contributed by atoms with Crippen LogP contribution in [0, 0.1) is 0 Å². The molecule has 1 aromatic heterocycles. The minimum absolute atomic E-state index is 0.565. The van der Waals surface area contributed by atoms with E-state index in [9.17, 15) is 0 Å². The maximum absolute atomic E-state index is 5.55. The highest BCUT2D eigenvalue weighted by atomic mass is 15.3. The molecule has 68 valence electrons. The third-order valence-electron chi connectivity index (χ3n) is 1.89. The molecule has 0 amide bonds. The molecule has 2 N–H and O–H groups in total. The predicted molar refractivity (Wildman–Crippen MR) is 48.7 cm³/mol. The number of hydrogen-bond donors (Lipinski definition) is 1. The molecule has 1 aromatic rings. The summed E-state index contributed by atoms with van der Waals surface area (Å²) in [6.07, 6.45) is 3.46. The topological polar surface area (TPSA) is 56.7 Å². The lowest BCUT2D eigenvalue weighted by molar-refractivity contribution is 0.527. The number of rotatable bonds is 0. The van der Waals surface area contributed by atoms with E-state index in [1.807, 2.05) is 18.4 Å². The highest BCUT2D eigenvalue weighted by molar-refractivity contribution is 5.18. The van der Waals surface area contributed by atoms with Gasteiger partial charge in [0.25, 0.3) is 0 Å². The van der Waals surface area contributed by atoms with Crippen LogP contribution < -0.4 is 5.73 Å². The van der Waals surface area contributed by atoms with Crippen LogP contribution in [0.4, 0.5) is 5.95 Å². The molecule has 12 heavy (non-hydrogen) atoms. The predicted octanol–water partition coefficient (Wildman–Crippen LogP) is 1.22. The maximum atomic E-state index is 5.55. The number of aromatic nitrogens is 3. The summed E-state index contributed by atoms with van der Waals surface area (Å²) in [5, 5.41) is 7.73. The molecule has 2 rings (SSSR count). The second-order valence-corrected chi connectivity index (χ2v) is 2.58. The van der Waals surface area contributed by atoms with Crippen molar-refractivity contribution >= 4 is 5.95 Å². The van der Waals surface area contributed by atoms with E-state index in [1.54, 1.807) is 0 Å². The normalized spacial score (nSPS) is 14.5. The number of nitrogen functional groups attached to an aromatic ring is 1. The van der Waals surface area contributed by atoms with Crippen LogP contribution in [0.25, 0.3) is 0 Å². The monoisotopic (exact) mass is 168 g/mol. The van der Waals surface area contributed by atoms with Gasteiger partial charge in [-0.05, 0) is 12.8 Å². The second kappa shape index (κ2) is 4.09. The molecular formula is C8H16N4. The molecular weight excluding hydrogens is 152 g/mol. The van der Waals surface area contributed by atoms with Crippen molar-refractivity contribution in [3.63, 3.8) is 0 Å². The summed E-state index contributed by atoms with van der Waals surface area (Å²) in [6.45, 7) is 4.99. The van der Waals surface area contributed by atoms with Gasteiger partial charge in [-0.15, -0.1) is 10.2 Å². The van der Waals surface area contributed by atoms with E-state index in [0.717, 1.165) is 18.8 Å². The zero-order valence-electron chi connectivity index (χ0n) is 7.75. The SMILES string of the molecule is CC.Nc1nnc2n1CCCC2. The molecule has 4 heteroatoms. The highest BCUT2D eigenvalue weighted by Gasteiger charge is 2.12. The quantitative estimate of drug-likeness (QED) is 0.633. The van der Waals surface area contributed by atoms with E-state index in [4.69, 9.17) is 5.73 Å². The molecule has 0 saturated heterocycles. The van der Waals surface area contributed by atoms with Gasteiger partial charge in [0.1, 0.15) is 5.82 Å². The summed E-state index contributed by atoms with van der Waals surface area (Å²) in [4.78, 5) is 0. The summed E-state index contributed by atoms with van der Waals surface area (Å²) in [7, 11) is 0. The van der Waals surface area contributed by atoms with Gasteiger partial charge in [0.05, 0.1) is 0 Å². The van der Waals surface area contributed by atoms with Gasteiger partial charge in [0, 0.05) is 13.0 Å². The summed E-state index contributed by atoms with van der Waals surface area (Å²) in [6, 6.07) is 0. The van der Waals surface area contributed by atoms with Gasteiger partial charge in [0.2, 0.25) is 5.95 Å². The molecule has 4 nitrogen and oxygen atoms in total. The van der Waals surface area contributed by atoms with Crippen molar-refractivity contribution in [2.24, 2.45) is 0 Å². The molecule has 0 saturated carbocycles. The number of fused-ring (bicyclic) bond motifs is 1. The Balaban J connectivity index is 0.000000336. The highest BCUT2D eigenvalue weighted by Crippen LogP contribution is 2.14. The Kier molecular flexibility index (Phi) is 3.08. The van der Waals surface area contributed by atoms with E-state index in [1.165, 1.54) is 12.8 Å². The first-order valence-electron chi connectivity index (χ1n) is 4.55. The lowest BCUT2D eigenvalue weighted by Gasteiger charge is -2.12. The lowest BCUT2D eigenvalue weighted by atomic mass is 10.2. The second-order valence-electron chi connectivity index (χ2n) is 2.58. The minimum atomic E-state index is 0.565. The number of nitrogens with zero attached hydrogens (tertiary/aromatic N) is 3. The first kappa shape index (κ1) is 9.03. The van der Waals surface area contributed by atoms with Gasteiger partial charge >= 0.3 is 0 Å². The minimum Gasteiger partial charge on any atom is -0.368 e. The van der Waals surface area contributed by atoms with Crippen LogP contribution in [0.1, 0.15) is 32.5 Å². The van der Waals surface area contributed by atoms with Gasteiger partial charge in [-0.2, -0.15) is 0 Å². The van der Waals surface area contributed by atoms with Crippen LogP contribution in [-0.4, -0.2) is 14.8 Å². The first-order chi connectivity index (χ1) is 5.88. The van der Waals surface area contributed by atoms with Crippen molar-refractivity contribution in [1.82, 2.24) is 14.8 Å². The molecule has 0 unspecified atom stereocenters. The summed E-state index contributed by atoms with van der Waals surface area (Å²) >= 11 is 0. The van der Waals surface area contributed by atoms with Crippen LogP contribution in [0.3, 0.4) is 0 Å². The molecule has 0 spiro atoms. The average Bonchev–Trinajstić information content (AvgIpc) is 2.53. The Morgan fingerprint density at radius 1 is 1.25 bits per heavy atom. The third-order valence-corrected chi connectivity index (χ3v) is 1.89. The van der Waals surface area contributed by atoms with E-state index >= 15 is 0 Å². The zero-order chi connectivity index (χ0) is 8.97. The molecule has 1 aliphatic heterocycles. The standard InChI is InChI=1S/C6H10N4.C2H6/c7-6-9-8-5-3-1-2-4-10(5)6;1-2/h1-4H2,(H2,7,9);1-2H3. The molecule has 0 bridgehead atoms. The number of aryl methyl sites for hydroxylation is 1. The van der Waals surface area contributed by atoms with Crippen LogP contribution in [0.5, 0.6) is 0 Å². The van der Waals surface area contributed by atoms with Crippen LogP contribution >= 0.6 is 0 Å². The molecule has 1 aliphatic rings. The van der Waals surface area contributed by atoms with E-state index in [0.29, 0.717) is 5.95 Å². The van der Waals surface area contributed by atoms with Crippen LogP contribution in [-0.2, 0) is 13.0 Å². The zero-order valence-corrected chi connectivity index (χ0v) is 7.75. The molecule has 0 fully saturated rings. The Hall–Kier alpha value is -1.06. The smallest absolute Gasteiger partial charge is 0.221 e. The maximum Gasteiger partial charge on any atom is 0.221 e. The Bertz CT molecular complexity index is 241. The number of nitrogens with two attached hydrogens (primary N) is 1. The van der Waals surface area contributed by atoms with Crippen LogP contribution in [0.2, 0.25) is 0 Å². The lowest BCUT2D eigenvalue weighted by Crippen LogP contribution is -2.12. The summed E-state index contributed by atoms with van der Waals surface area (Å²) in [5.74, 6) is 1.61. The van der Waals surface area contributed by atoms with Gasteiger partial charge in [0.15, 0.2) is 0 Å². The average molecular weight is 168 g/mol. The fourth-order valence-electron chi connectivity index (χ4n) is 1.33. The first-order valence-corrected chi connectivity index (χ1v) is 4.55. The van der Waals surface area contributed by atoms with Gasteiger partial charge in [-0.1, -0.05) is 13.8 Å². The molecule has 0 aliphatic carbocycles. The number of anilines is 1. The Morgan fingerprint density at radius 2 is 2.00 bits per heavy atom. The van der Waals surface area contributed by atoms with E-state index < -0.39 is 0 Å².